The number of hydrogen-bond donors (Lipinski definition) is 0. The van der Waals surface area contributed by atoms with Crippen molar-refractivity contribution in [2.45, 2.75) is 19.9 Å². The van der Waals surface area contributed by atoms with Crippen molar-refractivity contribution in [1.29, 1.82) is 0 Å². The zero-order valence-electron chi connectivity index (χ0n) is 15.3. The third kappa shape index (κ3) is 3.89. The number of Topliss-reactive ketones (excluding diaryl/α,β-unsaturated/α-hetero) is 1. The number of rotatable bonds is 6. The summed E-state index contributed by atoms with van der Waals surface area (Å²) >= 11 is 0. The topological polar surface area (TPSA) is 53.0 Å². The highest BCUT2D eigenvalue weighted by molar-refractivity contribution is 6.27. The summed E-state index contributed by atoms with van der Waals surface area (Å²) in [5.74, 6) is -1.19. The van der Waals surface area contributed by atoms with Gasteiger partial charge in [0.1, 0.15) is 5.92 Å². The van der Waals surface area contributed by atoms with Gasteiger partial charge in [0.2, 0.25) is 0 Å². The summed E-state index contributed by atoms with van der Waals surface area (Å²) in [4.78, 5) is 27.6. The normalized spacial score (nSPS) is 16.9. The van der Waals surface area contributed by atoms with Gasteiger partial charge in [-0.3, -0.25) is 9.59 Å². The summed E-state index contributed by atoms with van der Waals surface area (Å²) < 4.78 is 0. The Morgan fingerprint density at radius 1 is 1.08 bits per heavy atom. The van der Waals surface area contributed by atoms with E-state index in [1.54, 1.807) is 6.92 Å². The molecule has 1 aliphatic heterocycles. The van der Waals surface area contributed by atoms with E-state index in [-0.39, 0.29) is 18.1 Å². The van der Waals surface area contributed by atoms with E-state index in [4.69, 9.17) is 0 Å². The van der Waals surface area contributed by atoms with Gasteiger partial charge >= 0.3 is 0 Å². The highest BCUT2D eigenvalue weighted by Crippen LogP contribution is 2.25. The first kappa shape index (κ1) is 18.0. The molecular weight excluding hydrogens is 326 g/mol. The van der Waals surface area contributed by atoms with Gasteiger partial charge in [0, 0.05) is 13.0 Å². The fourth-order valence-electron chi connectivity index (χ4n) is 3.20. The molecule has 1 unspecified atom stereocenters. The molecule has 1 amide bonds. The third-order valence-electron chi connectivity index (χ3n) is 4.32. The maximum Gasteiger partial charge on any atom is 0.263 e. The molecule has 5 heteroatoms. The van der Waals surface area contributed by atoms with Crippen molar-refractivity contribution in [3.63, 3.8) is 0 Å². The summed E-state index contributed by atoms with van der Waals surface area (Å²) in [5.41, 5.74) is 3.30. The Morgan fingerprint density at radius 2 is 1.77 bits per heavy atom. The molecular formula is C21H23N3O2. The minimum absolute atomic E-state index is 0.114. The van der Waals surface area contributed by atoms with Crippen LogP contribution in [-0.2, 0) is 22.6 Å². The van der Waals surface area contributed by atoms with E-state index in [0.29, 0.717) is 11.4 Å². The molecule has 0 saturated heterocycles. The lowest BCUT2D eigenvalue weighted by Crippen LogP contribution is -2.33. The predicted molar refractivity (Wildman–Crippen MR) is 103 cm³/mol. The Hall–Kier alpha value is -2.79. The molecule has 0 spiro atoms. The van der Waals surface area contributed by atoms with Crippen molar-refractivity contribution in [1.82, 2.24) is 4.90 Å². The van der Waals surface area contributed by atoms with Gasteiger partial charge in [0.15, 0.2) is 5.78 Å². The monoisotopic (exact) mass is 349 g/mol. The van der Waals surface area contributed by atoms with Crippen LogP contribution in [0.25, 0.3) is 0 Å². The van der Waals surface area contributed by atoms with Crippen molar-refractivity contribution in [2.75, 3.05) is 19.1 Å². The SMILES string of the molecule is CC1=NN(c2ccccc2)C(=O)C1C(=O)Cc1cccc(CN(C)C)c1. The molecule has 1 aliphatic rings. The lowest BCUT2D eigenvalue weighted by molar-refractivity contribution is -0.128. The molecule has 26 heavy (non-hydrogen) atoms. The van der Waals surface area contributed by atoms with Gasteiger partial charge in [-0.25, -0.2) is 0 Å². The lowest BCUT2D eigenvalue weighted by Gasteiger charge is -2.14. The van der Waals surface area contributed by atoms with Gasteiger partial charge in [0.25, 0.3) is 5.91 Å². The second-order valence-corrected chi connectivity index (χ2v) is 6.86. The number of hydrazone groups is 1. The molecule has 0 fully saturated rings. The fourth-order valence-corrected chi connectivity index (χ4v) is 3.20. The van der Waals surface area contributed by atoms with Gasteiger partial charge < -0.3 is 4.90 Å². The van der Waals surface area contributed by atoms with Crippen molar-refractivity contribution in [2.24, 2.45) is 11.0 Å². The largest absolute Gasteiger partial charge is 0.305 e. The Balaban J connectivity index is 1.74. The molecule has 1 heterocycles. The molecule has 134 valence electrons. The second kappa shape index (κ2) is 7.62. The Kier molecular flexibility index (Phi) is 5.28. The zero-order valence-corrected chi connectivity index (χ0v) is 15.3. The van der Waals surface area contributed by atoms with Crippen LogP contribution in [0, 0.1) is 5.92 Å². The third-order valence-corrected chi connectivity index (χ3v) is 4.32. The first-order valence-electron chi connectivity index (χ1n) is 8.65. The smallest absolute Gasteiger partial charge is 0.263 e. The number of hydrogen-bond acceptors (Lipinski definition) is 4. The minimum Gasteiger partial charge on any atom is -0.305 e. The molecule has 0 N–H and O–H groups in total. The summed E-state index contributed by atoms with van der Waals surface area (Å²) in [5, 5.41) is 5.65. The highest BCUT2D eigenvalue weighted by atomic mass is 16.2. The van der Waals surface area contributed by atoms with Crippen molar-refractivity contribution < 1.29 is 9.59 Å². The van der Waals surface area contributed by atoms with Crippen LogP contribution < -0.4 is 5.01 Å². The molecule has 1 atom stereocenters. The average Bonchev–Trinajstić information content (AvgIpc) is 2.90. The van der Waals surface area contributed by atoms with E-state index in [2.05, 4.69) is 10.0 Å². The number of nitrogens with zero attached hydrogens (tertiary/aromatic N) is 3. The van der Waals surface area contributed by atoms with E-state index < -0.39 is 5.92 Å². The first-order valence-corrected chi connectivity index (χ1v) is 8.65. The van der Waals surface area contributed by atoms with Crippen LogP contribution in [0.4, 0.5) is 5.69 Å². The number of ketones is 1. The van der Waals surface area contributed by atoms with Crippen molar-refractivity contribution >= 4 is 23.1 Å². The van der Waals surface area contributed by atoms with Crippen molar-refractivity contribution in [3.05, 3.63) is 65.7 Å². The van der Waals surface area contributed by atoms with Gasteiger partial charge in [-0.15, -0.1) is 0 Å². The molecule has 3 rings (SSSR count). The van der Waals surface area contributed by atoms with E-state index in [9.17, 15) is 9.59 Å². The number of carbonyl (C=O) groups is 2. The van der Waals surface area contributed by atoms with Crippen LogP contribution in [0.3, 0.4) is 0 Å². The maximum absolute atomic E-state index is 12.8. The lowest BCUT2D eigenvalue weighted by atomic mass is 9.93. The van der Waals surface area contributed by atoms with Gasteiger partial charge in [0.05, 0.1) is 11.4 Å². The molecule has 0 aromatic heterocycles. The quantitative estimate of drug-likeness (QED) is 0.754. The molecule has 0 radical (unpaired) electrons. The standard InChI is InChI=1S/C21H23N3O2/c1-15-20(21(26)24(22-15)18-10-5-4-6-11-18)19(25)13-16-8-7-9-17(12-16)14-23(2)3/h4-12,20H,13-14H2,1-3H3. The van der Waals surface area contributed by atoms with Gasteiger partial charge in [-0.2, -0.15) is 10.1 Å². The van der Waals surface area contributed by atoms with Crippen LogP contribution in [0.15, 0.2) is 59.7 Å². The molecule has 2 aromatic carbocycles. The second-order valence-electron chi connectivity index (χ2n) is 6.86. The highest BCUT2D eigenvalue weighted by Gasteiger charge is 2.39. The molecule has 0 aliphatic carbocycles. The Bertz CT molecular complexity index is 843. The van der Waals surface area contributed by atoms with Gasteiger partial charge in [-0.05, 0) is 44.3 Å². The van der Waals surface area contributed by atoms with E-state index >= 15 is 0 Å². The Labute approximate surface area is 153 Å². The molecule has 2 aromatic rings. The summed E-state index contributed by atoms with van der Waals surface area (Å²) in [6, 6.07) is 17.1. The van der Waals surface area contributed by atoms with Crippen LogP contribution in [-0.4, -0.2) is 36.4 Å². The zero-order chi connectivity index (χ0) is 18.7. The fraction of sp³-hybridized carbons (Fsp3) is 0.286. The van der Waals surface area contributed by atoms with Crippen LogP contribution in [0.1, 0.15) is 18.1 Å². The Morgan fingerprint density at radius 3 is 2.46 bits per heavy atom. The predicted octanol–water partition coefficient (Wildman–Crippen LogP) is 2.90. The van der Waals surface area contributed by atoms with Crippen LogP contribution >= 0.6 is 0 Å². The summed E-state index contributed by atoms with van der Waals surface area (Å²) in [6.07, 6.45) is 0.229. The number of para-hydroxylation sites is 1. The van der Waals surface area contributed by atoms with Crippen molar-refractivity contribution in [3.8, 4) is 0 Å². The van der Waals surface area contributed by atoms with E-state index in [1.807, 2.05) is 68.7 Å². The summed E-state index contributed by atoms with van der Waals surface area (Å²) in [7, 11) is 4.01. The minimum atomic E-state index is -0.798. The number of benzene rings is 2. The summed E-state index contributed by atoms with van der Waals surface area (Å²) in [6.45, 7) is 2.55. The molecule has 5 nitrogen and oxygen atoms in total. The van der Waals surface area contributed by atoms with Crippen LogP contribution in [0.2, 0.25) is 0 Å². The average molecular weight is 349 g/mol. The number of anilines is 1. The van der Waals surface area contributed by atoms with Gasteiger partial charge in [-0.1, -0.05) is 42.5 Å². The van der Waals surface area contributed by atoms with E-state index in [0.717, 1.165) is 17.7 Å². The number of amides is 1. The van der Waals surface area contributed by atoms with E-state index in [1.165, 1.54) is 5.01 Å². The number of carbonyl (C=O) groups excluding carboxylic acids is 2. The van der Waals surface area contributed by atoms with Crippen LogP contribution in [0.5, 0.6) is 0 Å². The maximum atomic E-state index is 12.8. The first-order chi connectivity index (χ1) is 12.5. The molecule has 0 saturated carbocycles. The molecule has 0 bridgehead atoms.